The normalized spacial score (nSPS) is 12.3. The van der Waals surface area contributed by atoms with Crippen LogP contribution in [0.15, 0.2) is 18.2 Å². The SMILES string of the molecule is N#CSCc1cc(C(F)(F)F)cc(C(F)(F)F)c1. The molecule has 0 aromatic heterocycles. The van der Waals surface area contributed by atoms with Crippen LogP contribution in [0.4, 0.5) is 26.3 Å². The largest absolute Gasteiger partial charge is 0.416 e. The molecule has 0 radical (unpaired) electrons. The molecule has 8 heteroatoms. The van der Waals surface area contributed by atoms with Crippen molar-refractivity contribution in [2.45, 2.75) is 18.1 Å². The highest BCUT2D eigenvalue weighted by Gasteiger charge is 2.36. The van der Waals surface area contributed by atoms with Gasteiger partial charge < -0.3 is 0 Å². The van der Waals surface area contributed by atoms with Crippen LogP contribution < -0.4 is 0 Å². The lowest BCUT2D eigenvalue weighted by molar-refractivity contribution is -0.143. The number of nitrogens with zero attached hydrogens (tertiary/aromatic N) is 1. The molecule has 1 rings (SSSR count). The second kappa shape index (κ2) is 5.10. The molecule has 0 atom stereocenters. The molecular formula is C10H5F6NS. The van der Waals surface area contributed by atoms with Crippen LogP contribution in [0.2, 0.25) is 0 Å². The summed E-state index contributed by atoms with van der Waals surface area (Å²) in [5.74, 6) is -0.233. The smallest absolute Gasteiger partial charge is 0.185 e. The van der Waals surface area contributed by atoms with Crippen molar-refractivity contribution in [3.05, 3.63) is 34.9 Å². The van der Waals surface area contributed by atoms with Crippen LogP contribution in [0.1, 0.15) is 16.7 Å². The van der Waals surface area contributed by atoms with Crippen molar-refractivity contribution in [1.29, 1.82) is 5.26 Å². The molecule has 0 saturated carbocycles. The number of benzene rings is 1. The summed E-state index contributed by atoms with van der Waals surface area (Å²) in [5.41, 5.74) is -2.93. The summed E-state index contributed by atoms with van der Waals surface area (Å²) in [6, 6.07) is 1.28. The predicted octanol–water partition coefficient (Wildman–Crippen LogP) is 4.44. The Bertz CT molecular complexity index is 438. The fraction of sp³-hybridized carbons (Fsp3) is 0.300. The fourth-order valence-electron chi connectivity index (χ4n) is 1.22. The van der Waals surface area contributed by atoms with Crippen LogP contribution in [0.25, 0.3) is 0 Å². The Labute approximate surface area is 102 Å². The molecule has 0 heterocycles. The quantitative estimate of drug-likeness (QED) is 0.592. The molecule has 1 aromatic carbocycles. The Hall–Kier alpha value is -1.36. The number of halogens is 6. The van der Waals surface area contributed by atoms with Crippen LogP contribution in [0.5, 0.6) is 0 Å². The second-order valence-corrected chi connectivity index (χ2v) is 4.05. The van der Waals surface area contributed by atoms with E-state index in [-0.39, 0.29) is 17.4 Å². The number of nitriles is 1. The first kappa shape index (κ1) is 14.7. The van der Waals surface area contributed by atoms with Crippen LogP contribution in [-0.2, 0) is 18.1 Å². The zero-order chi connectivity index (χ0) is 14.0. The zero-order valence-corrected chi connectivity index (χ0v) is 9.38. The molecule has 0 aliphatic heterocycles. The molecule has 0 spiro atoms. The summed E-state index contributed by atoms with van der Waals surface area (Å²) in [5, 5.41) is 9.84. The van der Waals surface area contributed by atoms with Gasteiger partial charge in [-0.25, -0.2) is 0 Å². The van der Waals surface area contributed by atoms with E-state index in [1.165, 1.54) is 0 Å². The van der Waals surface area contributed by atoms with E-state index in [0.29, 0.717) is 23.9 Å². The van der Waals surface area contributed by atoms with Crippen LogP contribution in [0.3, 0.4) is 0 Å². The van der Waals surface area contributed by atoms with Gasteiger partial charge in [0, 0.05) is 5.75 Å². The number of hydrogen-bond acceptors (Lipinski definition) is 2. The molecule has 0 bridgehead atoms. The predicted molar refractivity (Wildman–Crippen MR) is 53.4 cm³/mol. The molecule has 0 amide bonds. The third kappa shape index (κ3) is 3.84. The molecule has 1 nitrogen and oxygen atoms in total. The highest BCUT2D eigenvalue weighted by molar-refractivity contribution is 8.02. The fourth-order valence-corrected chi connectivity index (χ4v) is 1.62. The Morgan fingerprint density at radius 2 is 1.39 bits per heavy atom. The number of alkyl halides is 6. The van der Waals surface area contributed by atoms with Gasteiger partial charge in [-0.3, -0.25) is 0 Å². The minimum Gasteiger partial charge on any atom is -0.185 e. The molecule has 18 heavy (non-hydrogen) atoms. The molecule has 98 valence electrons. The van der Waals surface area contributed by atoms with Gasteiger partial charge in [-0.1, -0.05) is 0 Å². The third-order valence-corrected chi connectivity index (χ3v) is 2.56. The summed E-state index contributed by atoms with van der Waals surface area (Å²) >= 11 is 0.571. The number of thioether (sulfide) groups is 1. The maximum atomic E-state index is 12.4. The van der Waals surface area contributed by atoms with Crippen molar-refractivity contribution in [1.82, 2.24) is 0 Å². The van der Waals surface area contributed by atoms with E-state index in [9.17, 15) is 26.3 Å². The molecule has 0 aliphatic rings. The van der Waals surface area contributed by atoms with E-state index in [1.54, 1.807) is 5.40 Å². The third-order valence-electron chi connectivity index (χ3n) is 1.95. The van der Waals surface area contributed by atoms with E-state index >= 15 is 0 Å². The molecular weight excluding hydrogens is 280 g/mol. The van der Waals surface area contributed by atoms with Gasteiger partial charge in [0.05, 0.1) is 11.1 Å². The highest BCUT2D eigenvalue weighted by Crippen LogP contribution is 2.36. The lowest BCUT2D eigenvalue weighted by Crippen LogP contribution is -2.11. The molecule has 0 N–H and O–H groups in total. The summed E-state index contributed by atoms with van der Waals surface area (Å²) in [7, 11) is 0. The minimum atomic E-state index is -4.85. The van der Waals surface area contributed by atoms with E-state index in [0.717, 1.165) is 0 Å². The first-order valence-corrected chi connectivity index (χ1v) is 5.42. The van der Waals surface area contributed by atoms with Crippen molar-refractivity contribution in [3.8, 4) is 5.40 Å². The maximum Gasteiger partial charge on any atom is 0.416 e. The first-order valence-electron chi connectivity index (χ1n) is 4.44. The average molecular weight is 285 g/mol. The summed E-state index contributed by atoms with van der Waals surface area (Å²) in [6.45, 7) is 0. The highest BCUT2D eigenvalue weighted by atomic mass is 32.2. The lowest BCUT2D eigenvalue weighted by Gasteiger charge is -2.13. The number of hydrogen-bond donors (Lipinski definition) is 0. The van der Waals surface area contributed by atoms with Crippen molar-refractivity contribution in [2.75, 3.05) is 0 Å². The van der Waals surface area contributed by atoms with Crippen LogP contribution >= 0.6 is 11.8 Å². The maximum absolute atomic E-state index is 12.4. The number of rotatable bonds is 2. The molecule has 0 unspecified atom stereocenters. The minimum absolute atomic E-state index is 0.0561. The van der Waals surface area contributed by atoms with E-state index in [1.807, 2.05) is 0 Å². The Kier molecular flexibility index (Phi) is 4.16. The van der Waals surface area contributed by atoms with Gasteiger partial charge >= 0.3 is 12.4 Å². The molecule has 0 fully saturated rings. The van der Waals surface area contributed by atoms with Gasteiger partial charge in [-0.05, 0) is 35.5 Å². The zero-order valence-electron chi connectivity index (χ0n) is 8.56. The molecule has 1 aromatic rings. The summed E-state index contributed by atoms with van der Waals surface area (Å²) < 4.78 is 74.5. The topological polar surface area (TPSA) is 23.8 Å². The standard InChI is InChI=1S/C10H5F6NS/c11-9(12,13)7-1-6(4-18-5-17)2-8(3-7)10(14,15)16/h1-3H,4H2. The van der Waals surface area contributed by atoms with Crippen molar-refractivity contribution < 1.29 is 26.3 Å². The second-order valence-electron chi connectivity index (χ2n) is 3.29. The van der Waals surface area contributed by atoms with Gasteiger partial charge in [0.2, 0.25) is 0 Å². The van der Waals surface area contributed by atoms with Crippen LogP contribution in [-0.4, -0.2) is 0 Å². The van der Waals surface area contributed by atoms with Gasteiger partial charge in [-0.15, -0.1) is 0 Å². The van der Waals surface area contributed by atoms with Crippen LogP contribution in [0, 0.1) is 10.7 Å². The van der Waals surface area contributed by atoms with Gasteiger partial charge in [0.1, 0.15) is 5.40 Å². The Balaban J connectivity index is 3.26. The van der Waals surface area contributed by atoms with Gasteiger partial charge in [-0.2, -0.15) is 31.6 Å². The van der Waals surface area contributed by atoms with Crippen molar-refractivity contribution in [3.63, 3.8) is 0 Å². The first-order chi connectivity index (χ1) is 8.14. The number of thiocyanates is 1. The average Bonchev–Trinajstić information content (AvgIpc) is 2.23. The summed E-state index contributed by atoms with van der Waals surface area (Å²) in [4.78, 5) is 0. The van der Waals surface area contributed by atoms with E-state index < -0.39 is 23.5 Å². The van der Waals surface area contributed by atoms with Crippen molar-refractivity contribution in [2.24, 2.45) is 0 Å². The monoisotopic (exact) mass is 285 g/mol. The molecule has 0 aliphatic carbocycles. The van der Waals surface area contributed by atoms with E-state index in [4.69, 9.17) is 5.26 Å². The van der Waals surface area contributed by atoms with Gasteiger partial charge in [0.25, 0.3) is 0 Å². The summed E-state index contributed by atoms with van der Waals surface area (Å²) in [6.07, 6.45) is -9.71. The molecule has 0 saturated heterocycles. The lowest BCUT2D eigenvalue weighted by atomic mass is 10.1. The van der Waals surface area contributed by atoms with Gasteiger partial charge in [0.15, 0.2) is 0 Å². The Morgan fingerprint density at radius 3 is 1.72 bits per heavy atom. The van der Waals surface area contributed by atoms with Crippen molar-refractivity contribution >= 4 is 11.8 Å². The van der Waals surface area contributed by atoms with E-state index in [2.05, 4.69) is 0 Å². The Morgan fingerprint density at radius 1 is 0.944 bits per heavy atom.